The molecule has 6 heteroatoms. The Morgan fingerprint density at radius 1 is 0.884 bits per heavy atom. The lowest BCUT2D eigenvalue weighted by Gasteiger charge is -2.31. The van der Waals surface area contributed by atoms with Gasteiger partial charge in [0.15, 0.2) is 0 Å². The third-order valence-electron chi connectivity index (χ3n) is 9.90. The number of aromatic amines is 1. The zero-order valence-corrected chi connectivity index (χ0v) is 25.1. The number of imidazole rings is 1. The van der Waals surface area contributed by atoms with Crippen LogP contribution in [0.25, 0.3) is 11.4 Å². The normalized spacial score (nSPS) is 28.4. The number of carbonyl (C=O) groups is 1. The standard InChI is InChI=1S/C37H38N4O2/c1-37(2,3)43-36(42)41-33-18-29(33)19-34(41)30-17-31(38-20-30)24-10-6-22(7-11-24)4-5-23-8-12-25(13-9-23)35-39-21-32(40-35)28-15-26-14-27(26)16-28/h6-13,20-21,26-29,33-34H,14-19H2,1-3H3,(H,39,40)/t26-,27+,28?,29-,33-,34+/m1/s1. The van der Waals surface area contributed by atoms with E-state index in [1.54, 1.807) is 0 Å². The minimum Gasteiger partial charge on any atom is -0.444 e. The van der Waals surface area contributed by atoms with E-state index in [2.05, 4.69) is 70.3 Å². The summed E-state index contributed by atoms with van der Waals surface area (Å²) < 4.78 is 5.74. The number of benzene rings is 2. The first-order chi connectivity index (χ1) is 20.8. The van der Waals surface area contributed by atoms with Crippen molar-refractivity contribution >= 4 is 11.8 Å². The van der Waals surface area contributed by atoms with E-state index in [-0.39, 0.29) is 12.1 Å². The van der Waals surface area contributed by atoms with Gasteiger partial charge in [-0.3, -0.25) is 9.89 Å². The van der Waals surface area contributed by atoms with Gasteiger partial charge in [-0.15, -0.1) is 0 Å². The van der Waals surface area contributed by atoms with Gasteiger partial charge in [0.2, 0.25) is 0 Å². The molecular formula is C37H38N4O2. The maximum Gasteiger partial charge on any atom is 0.411 e. The van der Waals surface area contributed by atoms with E-state index in [1.165, 1.54) is 30.5 Å². The average Bonchev–Trinajstić information content (AvgIpc) is 3.56. The highest BCUT2D eigenvalue weighted by Crippen LogP contribution is 2.57. The summed E-state index contributed by atoms with van der Waals surface area (Å²) in [4.78, 5) is 28.0. The van der Waals surface area contributed by atoms with E-state index in [4.69, 9.17) is 9.73 Å². The van der Waals surface area contributed by atoms with Gasteiger partial charge in [0, 0.05) is 53.2 Å². The first-order valence-electron chi connectivity index (χ1n) is 15.8. The van der Waals surface area contributed by atoms with Crippen molar-refractivity contribution in [2.24, 2.45) is 22.7 Å². The Morgan fingerprint density at radius 3 is 2.23 bits per heavy atom. The van der Waals surface area contributed by atoms with Crippen molar-refractivity contribution in [3.8, 4) is 23.2 Å². The van der Waals surface area contributed by atoms with E-state index in [0.717, 1.165) is 64.9 Å². The topological polar surface area (TPSA) is 70.6 Å². The molecule has 6 atom stereocenters. The predicted octanol–water partition coefficient (Wildman–Crippen LogP) is 7.46. The number of amides is 1. The lowest BCUT2D eigenvalue weighted by Crippen LogP contribution is -2.42. The number of hydrogen-bond donors (Lipinski definition) is 1. The molecule has 1 aromatic heterocycles. The number of nitrogens with zero attached hydrogens (tertiary/aromatic N) is 3. The molecule has 218 valence electrons. The highest BCUT2D eigenvalue weighted by molar-refractivity contribution is 6.04. The molecule has 43 heavy (non-hydrogen) atoms. The van der Waals surface area contributed by atoms with Crippen molar-refractivity contribution in [1.82, 2.24) is 14.9 Å². The van der Waals surface area contributed by atoms with Crippen molar-refractivity contribution in [3.63, 3.8) is 0 Å². The summed E-state index contributed by atoms with van der Waals surface area (Å²) in [7, 11) is 0. The van der Waals surface area contributed by atoms with Gasteiger partial charge in [0.05, 0.1) is 11.8 Å². The number of nitrogens with one attached hydrogen (secondary N) is 1. The molecule has 2 aliphatic heterocycles. The van der Waals surface area contributed by atoms with Gasteiger partial charge in [-0.1, -0.05) is 36.1 Å². The quantitative estimate of drug-likeness (QED) is 0.331. The summed E-state index contributed by atoms with van der Waals surface area (Å²) in [6, 6.07) is 17.1. The lowest BCUT2D eigenvalue weighted by molar-refractivity contribution is 0.0210. The van der Waals surface area contributed by atoms with Gasteiger partial charge in [-0.05, 0) is 106 Å². The molecule has 3 aromatic rings. The van der Waals surface area contributed by atoms with Crippen molar-refractivity contribution in [1.29, 1.82) is 0 Å². The molecular weight excluding hydrogens is 532 g/mol. The summed E-state index contributed by atoms with van der Waals surface area (Å²) in [6.45, 7) is 5.78. The Labute approximate surface area is 253 Å². The number of ether oxygens (including phenoxy) is 1. The van der Waals surface area contributed by atoms with Crippen LogP contribution in [0.3, 0.4) is 0 Å². The van der Waals surface area contributed by atoms with Crippen molar-refractivity contribution in [2.45, 2.75) is 82.9 Å². The average molecular weight is 571 g/mol. The summed E-state index contributed by atoms with van der Waals surface area (Å²) >= 11 is 0. The Kier molecular flexibility index (Phi) is 6.15. The SMILES string of the molecule is CC(C)(C)OC(=O)N1[C@@H]2C[C@@H]2C[C@H]1C1=CN=C(c2ccc(C#Cc3ccc(-c4ncc(C5C[C@@H]6C[C@@H]6C5)[nH]4)cc3)cc2)C1. The van der Waals surface area contributed by atoms with Gasteiger partial charge < -0.3 is 9.72 Å². The summed E-state index contributed by atoms with van der Waals surface area (Å²) in [5, 5.41) is 0. The second kappa shape index (κ2) is 9.98. The molecule has 3 saturated carbocycles. The summed E-state index contributed by atoms with van der Waals surface area (Å²) in [5.41, 5.74) is 7.20. The second-order valence-corrected chi connectivity index (χ2v) is 14.2. The number of likely N-dealkylation sites (tertiary alicyclic amines) is 1. The predicted molar refractivity (Wildman–Crippen MR) is 168 cm³/mol. The Balaban J connectivity index is 0.882. The number of fused-ring (bicyclic) bond motifs is 2. The van der Waals surface area contributed by atoms with Gasteiger partial charge in [-0.25, -0.2) is 9.78 Å². The molecule has 1 amide bonds. The minimum absolute atomic E-state index is 0.0870. The van der Waals surface area contributed by atoms with Gasteiger partial charge >= 0.3 is 6.09 Å². The van der Waals surface area contributed by atoms with E-state index >= 15 is 0 Å². The molecule has 3 aliphatic carbocycles. The van der Waals surface area contributed by atoms with Crippen molar-refractivity contribution < 1.29 is 9.53 Å². The van der Waals surface area contributed by atoms with Crippen LogP contribution in [0.4, 0.5) is 4.79 Å². The fourth-order valence-electron chi connectivity index (χ4n) is 7.45. The van der Waals surface area contributed by atoms with E-state index in [0.29, 0.717) is 17.9 Å². The minimum atomic E-state index is -0.493. The number of aromatic nitrogens is 2. The van der Waals surface area contributed by atoms with Crippen molar-refractivity contribution in [2.75, 3.05) is 0 Å². The smallest absolute Gasteiger partial charge is 0.411 e. The van der Waals surface area contributed by atoms with Crippen LogP contribution in [-0.2, 0) is 4.74 Å². The second-order valence-electron chi connectivity index (χ2n) is 14.2. The van der Waals surface area contributed by atoms with E-state index in [9.17, 15) is 4.79 Å². The molecule has 8 rings (SSSR count). The Bertz CT molecular complexity index is 1690. The number of rotatable bonds is 4. The van der Waals surface area contributed by atoms with Crippen LogP contribution in [0.2, 0.25) is 0 Å². The van der Waals surface area contributed by atoms with Gasteiger partial charge in [-0.2, -0.15) is 0 Å². The van der Waals surface area contributed by atoms with Crippen LogP contribution in [0, 0.1) is 29.6 Å². The van der Waals surface area contributed by atoms with Crippen LogP contribution >= 0.6 is 0 Å². The Morgan fingerprint density at radius 2 is 1.56 bits per heavy atom. The number of H-pyrrole nitrogens is 1. The van der Waals surface area contributed by atoms with E-state index in [1.807, 2.05) is 38.1 Å². The largest absolute Gasteiger partial charge is 0.444 e. The monoisotopic (exact) mass is 570 g/mol. The van der Waals surface area contributed by atoms with E-state index < -0.39 is 5.60 Å². The zero-order valence-electron chi connectivity index (χ0n) is 25.1. The van der Waals surface area contributed by atoms with Gasteiger partial charge in [0.1, 0.15) is 11.4 Å². The third kappa shape index (κ3) is 5.31. The first-order valence-corrected chi connectivity index (χ1v) is 15.8. The van der Waals surface area contributed by atoms with Crippen LogP contribution in [0.1, 0.15) is 87.6 Å². The zero-order chi connectivity index (χ0) is 29.3. The fraction of sp³-hybridized carbons (Fsp3) is 0.432. The molecule has 0 radical (unpaired) electrons. The third-order valence-corrected chi connectivity index (χ3v) is 9.90. The molecule has 5 aliphatic rings. The molecule has 1 saturated heterocycles. The highest BCUT2D eigenvalue weighted by Gasteiger charge is 2.56. The van der Waals surface area contributed by atoms with Gasteiger partial charge in [0.25, 0.3) is 0 Å². The number of carbonyl (C=O) groups excluding carboxylic acids is 1. The molecule has 1 N–H and O–H groups in total. The maximum absolute atomic E-state index is 13.0. The maximum atomic E-state index is 13.0. The van der Waals surface area contributed by atoms with Crippen LogP contribution in [0.5, 0.6) is 0 Å². The lowest BCUT2D eigenvalue weighted by atomic mass is 9.96. The molecule has 0 bridgehead atoms. The number of aliphatic imine (C=N–C) groups is 1. The molecule has 3 heterocycles. The van der Waals surface area contributed by atoms with Crippen LogP contribution in [-0.4, -0.2) is 44.4 Å². The number of piperidine rings is 1. The molecule has 6 nitrogen and oxygen atoms in total. The molecule has 2 aromatic carbocycles. The highest BCUT2D eigenvalue weighted by atomic mass is 16.6. The summed E-state index contributed by atoms with van der Waals surface area (Å²) in [5.74, 6) is 10.7. The van der Waals surface area contributed by atoms with Crippen LogP contribution in [0.15, 0.2) is 71.5 Å². The van der Waals surface area contributed by atoms with Crippen LogP contribution < -0.4 is 0 Å². The Hall–Kier alpha value is -4.11. The first kappa shape index (κ1) is 26.5. The number of hydrogen-bond acceptors (Lipinski definition) is 4. The summed E-state index contributed by atoms with van der Waals surface area (Å²) in [6.07, 6.45) is 10.8. The molecule has 4 fully saturated rings. The fourth-order valence-corrected chi connectivity index (χ4v) is 7.45. The molecule has 0 spiro atoms. The molecule has 1 unspecified atom stereocenters. The van der Waals surface area contributed by atoms with Crippen molar-refractivity contribution in [3.05, 3.63) is 88.9 Å².